The van der Waals surface area contributed by atoms with Crippen LogP contribution in [-0.4, -0.2) is 45.9 Å². The highest BCUT2D eigenvalue weighted by atomic mass is 32.2. The summed E-state index contributed by atoms with van der Waals surface area (Å²) in [6, 6.07) is 13.7. The lowest BCUT2D eigenvalue weighted by Crippen LogP contribution is -2.43. The van der Waals surface area contributed by atoms with Crippen LogP contribution in [0, 0.1) is 5.92 Å². The molecule has 1 fully saturated rings. The molecule has 0 bridgehead atoms. The summed E-state index contributed by atoms with van der Waals surface area (Å²) in [7, 11) is -0.368. The van der Waals surface area contributed by atoms with Crippen LogP contribution in [0.1, 0.15) is 31.4 Å². The largest absolute Gasteiger partial charge is 0.493 e. The fourth-order valence-corrected chi connectivity index (χ4v) is 5.13. The van der Waals surface area contributed by atoms with Gasteiger partial charge in [-0.3, -0.25) is 4.79 Å². The highest BCUT2D eigenvalue weighted by molar-refractivity contribution is 7.89. The van der Waals surface area contributed by atoms with E-state index in [1.165, 1.54) is 4.31 Å². The summed E-state index contributed by atoms with van der Waals surface area (Å²) in [5.74, 6) is 0.964. The lowest BCUT2D eigenvalue weighted by molar-refractivity contribution is -0.126. The van der Waals surface area contributed by atoms with Gasteiger partial charge in [-0.05, 0) is 49.6 Å². The lowest BCUT2D eigenvalue weighted by Gasteiger charge is -2.31. The Morgan fingerprint density at radius 1 is 1.03 bits per heavy atom. The number of amides is 1. The van der Waals surface area contributed by atoms with E-state index in [9.17, 15) is 13.2 Å². The van der Waals surface area contributed by atoms with Gasteiger partial charge in [-0.25, -0.2) is 8.42 Å². The predicted molar refractivity (Wildman–Crippen MR) is 114 cm³/mol. The zero-order valence-electron chi connectivity index (χ0n) is 17.5. The van der Waals surface area contributed by atoms with E-state index in [2.05, 4.69) is 5.32 Å². The molecule has 0 radical (unpaired) electrons. The fourth-order valence-electron chi connectivity index (χ4n) is 3.64. The maximum absolute atomic E-state index is 12.8. The molecule has 3 rings (SSSR count). The molecule has 0 saturated carbocycles. The number of carbonyl (C=O) groups excluding carboxylic acids is 1. The third-order valence-corrected chi connectivity index (χ3v) is 7.38. The van der Waals surface area contributed by atoms with Gasteiger partial charge >= 0.3 is 0 Å². The van der Waals surface area contributed by atoms with Gasteiger partial charge in [0.25, 0.3) is 0 Å². The van der Waals surface area contributed by atoms with Crippen LogP contribution < -0.4 is 14.8 Å². The van der Waals surface area contributed by atoms with Crippen LogP contribution in [0.15, 0.2) is 53.4 Å². The first-order valence-corrected chi connectivity index (χ1v) is 11.4. The molecule has 30 heavy (non-hydrogen) atoms. The van der Waals surface area contributed by atoms with Crippen LogP contribution in [0.25, 0.3) is 0 Å². The van der Waals surface area contributed by atoms with Crippen molar-refractivity contribution in [1.29, 1.82) is 0 Å². The Morgan fingerprint density at radius 3 is 2.27 bits per heavy atom. The average Bonchev–Trinajstić information content (AvgIpc) is 2.79. The van der Waals surface area contributed by atoms with E-state index in [1.807, 2.05) is 25.1 Å². The summed E-state index contributed by atoms with van der Waals surface area (Å²) in [6.07, 6.45) is 0.993. The number of piperidine rings is 1. The van der Waals surface area contributed by atoms with Crippen LogP contribution in [0.5, 0.6) is 11.5 Å². The van der Waals surface area contributed by atoms with Gasteiger partial charge < -0.3 is 14.8 Å². The lowest BCUT2D eigenvalue weighted by atomic mass is 9.96. The summed E-state index contributed by atoms with van der Waals surface area (Å²) in [5.41, 5.74) is 0.907. The van der Waals surface area contributed by atoms with Crippen molar-refractivity contribution < 1.29 is 22.7 Å². The summed E-state index contributed by atoms with van der Waals surface area (Å²) >= 11 is 0. The number of hydrogen-bond acceptors (Lipinski definition) is 5. The van der Waals surface area contributed by atoms with Gasteiger partial charge in [-0.15, -0.1) is 0 Å². The second-order valence-electron chi connectivity index (χ2n) is 7.34. The summed E-state index contributed by atoms with van der Waals surface area (Å²) in [6.45, 7) is 2.58. The van der Waals surface area contributed by atoms with E-state index in [0.29, 0.717) is 37.4 Å². The number of carbonyl (C=O) groups is 1. The van der Waals surface area contributed by atoms with Crippen molar-refractivity contribution in [2.24, 2.45) is 5.92 Å². The standard InChI is InChI=1S/C22H28N2O5S/c1-16(18-9-10-20(28-2)21(15-18)29-3)23-22(25)17-11-13-24(14-12-17)30(26,27)19-7-5-4-6-8-19/h4-10,15-17H,11-14H2,1-3H3,(H,23,25)/t16-/m0/s1. The average molecular weight is 433 g/mol. The van der Waals surface area contributed by atoms with Gasteiger partial charge in [-0.2, -0.15) is 4.31 Å². The van der Waals surface area contributed by atoms with E-state index in [-0.39, 0.29) is 22.8 Å². The molecule has 1 amide bonds. The summed E-state index contributed by atoms with van der Waals surface area (Å²) < 4.78 is 37.5. The Balaban J connectivity index is 1.59. The molecule has 8 heteroatoms. The molecule has 162 valence electrons. The van der Waals surface area contributed by atoms with Gasteiger partial charge in [-0.1, -0.05) is 24.3 Å². The number of rotatable bonds is 7. The molecule has 0 unspecified atom stereocenters. The van der Waals surface area contributed by atoms with Gasteiger partial charge in [0.2, 0.25) is 15.9 Å². The highest BCUT2D eigenvalue weighted by Crippen LogP contribution is 2.30. The third-order valence-electron chi connectivity index (χ3n) is 5.47. The number of nitrogens with one attached hydrogen (secondary N) is 1. The molecule has 1 saturated heterocycles. The molecule has 2 aromatic rings. The van der Waals surface area contributed by atoms with Crippen molar-refractivity contribution in [1.82, 2.24) is 9.62 Å². The smallest absolute Gasteiger partial charge is 0.243 e. The summed E-state index contributed by atoms with van der Waals surface area (Å²) in [5, 5.41) is 3.04. The van der Waals surface area contributed by atoms with Gasteiger partial charge in [0.05, 0.1) is 25.2 Å². The van der Waals surface area contributed by atoms with E-state index in [4.69, 9.17) is 9.47 Å². The number of nitrogens with zero attached hydrogens (tertiary/aromatic N) is 1. The minimum absolute atomic E-state index is 0.0611. The normalized spacial score (nSPS) is 16.6. The minimum atomic E-state index is -3.52. The molecule has 0 aliphatic carbocycles. The predicted octanol–water partition coefficient (Wildman–Crippen LogP) is 2.98. The van der Waals surface area contributed by atoms with Crippen molar-refractivity contribution in [3.8, 4) is 11.5 Å². The Morgan fingerprint density at radius 2 is 1.67 bits per heavy atom. The van der Waals surface area contributed by atoms with Crippen LogP contribution in [-0.2, 0) is 14.8 Å². The molecule has 1 atom stereocenters. The van der Waals surface area contributed by atoms with Crippen molar-refractivity contribution in [3.63, 3.8) is 0 Å². The van der Waals surface area contributed by atoms with Crippen LogP contribution in [0.3, 0.4) is 0 Å². The van der Waals surface area contributed by atoms with E-state index in [1.54, 1.807) is 44.6 Å². The zero-order chi connectivity index (χ0) is 21.7. The van der Waals surface area contributed by atoms with Crippen molar-refractivity contribution >= 4 is 15.9 Å². The molecule has 7 nitrogen and oxygen atoms in total. The van der Waals surface area contributed by atoms with Crippen molar-refractivity contribution in [2.75, 3.05) is 27.3 Å². The first-order valence-electron chi connectivity index (χ1n) is 9.94. The third kappa shape index (κ3) is 4.76. The number of hydrogen-bond donors (Lipinski definition) is 1. The molecule has 1 N–H and O–H groups in total. The number of sulfonamides is 1. The van der Waals surface area contributed by atoms with Crippen molar-refractivity contribution in [2.45, 2.75) is 30.7 Å². The van der Waals surface area contributed by atoms with E-state index >= 15 is 0 Å². The molecular formula is C22H28N2O5S. The number of methoxy groups -OCH3 is 2. The Kier molecular flexibility index (Phi) is 6.99. The molecule has 0 spiro atoms. The molecule has 1 aliphatic heterocycles. The monoisotopic (exact) mass is 432 g/mol. The van der Waals surface area contributed by atoms with Gasteiger partial charge in [0.15, 0.2) is 11.5 Å². The zero-order valence-corrected chi connectivity index (χ0v) is 18.3. The molecule has 2 aromatic carbocycles. The SMILES string of the molecule is COc1ccc([C@H](C)NC(=O)C2CCN(S(=O)(=O)c3ccccc3)CC2)cc1OC. The number of benzene rings is 2. The molecule has 0 aromatic heterocycles. The Bertz CT molecular complexity index is 970. The molecule has 1 aliphatic rings. The summed E-state index contributed by atoms with van der Waals surface area (Å²) in [4.78, 5) is 13.0. The first kappa shape index (κ1) is 22.1. The Hall–Kier alpha value is -2.58. The number of ether oxygens (including phenoxy) is 2. The maximum Gasteiger partial charge on any atom is 0.243 e. The van der Waals surface area contributed by atoms with Gasteiger partial charge in [0, 0.05) is 19.0 Å². The van der Waals surface area contributed by atoms with Crippen LogP contribution >= 0.6 is 0 Å². The van der Waals surface area contributed by atoms with E-state index < -0.39 is 10.0 Å². The van der Waals surface area contributed by atoms with Gasteiger partial charge in [0.1, 0.15) is 0 Å². The van der Waals surface area contributed by atoms with Crippen LogP contribution in [0.4, 0.5) is 0 Å². The van der Waals surface area contributed by atoms with Crippen LogP contribution in [0.2, 0.25) is 0 Å². The second kappa shape index (κ2) is 9.49. The first-order chi connectivity index (χ1) is 14.4. The topological polar surface area (TPSA) is 84.9 Å². The maximum atomic E-state index is 12.8. The Labute approximate surface area is 178 Å². The second-order valence-corrected chi connectivity index (χ2v) is 9.27. The fraction of sp³-hybridized carbons (Fsp3) is 0.409. The molecule has 1 heterocycles. The van der Waals surface area contributed by atoms with E-state index in [0.717, 1.165) is 5.56 Å². The highest BCUT2D eigenvalue weighted by Gasteiger charge is 2.32. The minimum Gasteiger partial charge on any atom is -0.493 e. The quantitative estimate of drug-likeness (QED) is 0.727. The molecular weight excluding hydrogens is 404 g/mol. The van der Waals surface area contributed by atoms with Crippen molar-refractivity contribution in [3.05, 3.63) is 54.1 Å².